The van der Waals surface area contributed by atoms with E-state index in [1.165, 1.54) is 6.07 Å². The molecule has 0 bridgehead atoms. The van der Waals surface area contributed by atoms with Gasteiger partial charge in [-0.15, -0.1) is 0 Å². The molecule has 0 saturated carbocycles. The molecule has 2 heterocycles. The van der Waals surface area contributed by atoms with Gasteiger partial charge in [0.2, 0.25) is 11.5 Å². The van der Waals surface area contributed by atoms with Crippen molar-refractivity contribution in [1.29, 1.82) is 5.41 Å². The molecule has 1 saturated heterocycles. The summed E-state index contributed by atoms with van der Waals surface area (Å²) in [5.74, 6) is 0.245. The molecule has 3 N–H and O–H groups in total. The Morgan fingerprint density at radius 3 is 2.81 bits per heavy atom. The Labute approximate surface area is 187 Å². The van der Waals surface area contributed by atoms with E-state index in [0.717, 1.165) is 48.1 Å². The number of carbonyl (C=O) groups is 1. The van der Waals surface area contributed by atoms with Gasteiger partial charge in [-0.1, -0.05) is 18.2 Å². The fourth-order valence-electron chi connectivity index (χ4n) is 4.59. The normalized spacial score (nSPS) is 20.3. The summed E-state index contributed by atoms with van der Waals surface area (Å²) in [5.41, 5.74) is 3.94. The number of nitrogens with zero attached hydrogens (tertiary/aromatic N) is 1. The van der Waals surface area contributed by atoms with Crippen LogP contribution < -0.4 is 5.56 Å². The molecule has 2 unspecified atom stereocenters. The van der Waals surface area contributed by atoms with Crippen LogP contribution in [0.5, 0.6) is 5.75 Å². The van der Waals surface area contributed by atoms with Crippen LogP contribution in [0.15, 0.2) is 59.6 Å². The highest BCUT2D eigenvalue weighted by Gasteiger charge is 2.32. The molecule has 0 spiro atoms. The minimum absolute atomic E-state index is 0.129. The first-order valence-corrected chi connectivity index (χ1v) is 11.2. The van der Waals surface area contributed by atoms with Gasteiger partial charge in [-0.2, -0.15) is 0 Å². The zero-order valence-electron chi connectivity index (χ0n) is 18.3. The molecular formula is C26H29N3O3. The van der Waals surface area contributed by atoms with E-state index in [2.05, 4.69) is 11.1 Å². The minimum atomic E-state index is -0.167. The second-order valence-corrected chi connectivity index (χ2v) is 8.64. The van der Waals surface area contributed by atoms with Crippen molar-refractivity contribution in [3.63, 3.8) is 0 Å². The van der Waals surface area contributed by atoms with Gasteiger partial charge in [0.1, 0.15) is 5.75 Å². The Bertz CT molecular complexity index is 1120. The van der Waals surface area contributed by atoms with Gasteiger partial charge in [0.15, 0.2) is 0 Å². The van der Waals surface area contributed by atoms with Crippen LogP contribution >= 0.6 is 0 Å². The van der Waals surface area contributed by atoms with E-state index in [1.54, 1.807) is 31.3 Å². The van der Waals surface area contributed by atoms with Crippen molar-refractivity contribution in [2.24, 2.45) is 5.92 Å². The van der Waals surface area contributed by atoms with Crippen molar-refractivity contribution >= 4 is 17.2 Å². The molecule has 1 aromatic heterocycles. The number of phenols is 1. The first-order chi connectivity index (χ1) is 15.4. The second-order valence-electron chi connectivity index (χ2n) is 8.64. The lowest BCUT2D eigenvalue weighted by Crippen LogP contribution is -2.39. The number of aromatic amines is 1. The van der Waals surface area contributed by atoms with Gasteiger partial charge in [-0.3, -0.25) is 9.59 Å². The molecule has 2 atom stereocenters. The number of rotatable bonds is 6. The van der Waals surface area contributed by atoms with Crippen molar-refractivity contribution in [1.82, 2.24) is 9.88 Å². The maximum atomic E-state index is 13.2. The van der Waals surface area contributed by atoms with Crippen molar-refractivity contribution in [2.75, 3.05) is 6.54 Å². The fraction of sp³-hybridized carbons (Fsp3) is 0.346. The van der Waals surface area contributed by atoms with Crippen LogP contribution in [0.4, 0.5) is 0 Å². The molecule has 1 aromatic carbocycles. The van der Waals surface area contributed by atoms with Crippen LogP contribution in [0, 0.1) is 11.3 Å². The zero-order valence-corrected chi connectivity index (χ0v) is 18.3. The van der Waals surface area contributed by atoms with Crippen LogP contribution in [0.1, 0.15) is 49.3 Å². The molecule has 1 amide bonds. The first-order valence-electron chi connectivity index (χ1n) is 11.2. The smallest absolute Gasteiger partial charge is 0.247 e. The highest BCUT2D eigenvalue weighted by Crippen LogP contribution is 2.30. The molecule has 2 aliphatic rings. The molecule has 0 radical (unpaired) electrons. The van der Waals surface area contributed by atoms with Gasteiger partial charge in [0, 0.05) is 30.6 Å². The number of likely N-dealkylation sites (tertiary alicyclic amines) is 1. The minimum Gasteiger partial charge on any atom is -0.508 e. The molecule has 1 fully saturated rings. The third-order valence-corrected chi connectivity index (χ3v) is 6.45. The summed E-state index contributed by atoms with van der Waals surface area (Å²) in [7, 11) is 0. The fourth-order valence-corrected chi connectivity index (χ4v) is 4.59. The second kappa shape index (κ2) is 9.39. The van der Waals surface area contributed by atoms with Gasteiger partial charge < -0.3 is 20.4 Å². The summed E-state index contributed by atoms with van der Waals surface area (Å²) in [5, 5.41) is 18.0. The number of nitrogens with one attached hydrogen (secondary N) is 2. The van der Waals surface area contributed by atoms with Crippen molar-refractivity contribution in [2.45, 2.75) is 45.1 Å². The summed E-state index contributed by atoms with van der Waals surface area (Å²) in [6.07, 6.45) is 11.8. The molecule has 6 heteroatoms. The number of allylic oxidation sites excluding steroid dienone is 3. The average Bonchev–Trinajstić information content (AvgIpc) is 3.27. The van der Waals surface area contributed by atoms with Crippen LogP contribution in [0.2, 0.25) is 0 Å². The zero-order chi connectivity index (χ0) is 22.7. The SMILES string of the molecule is CC(=N)c1ccc(O)c(CCC2CCCN2C(=O)C2C=CC(c3ccc(=O)[nH]c3)=CC2)c1. The van der Waals surface area contributed by atoms with E-state index in [4.69, 9.17) is 5.41 Å². The third-order valence-electron chi connectivity index (χ3n) is 6.45. The molecule has 32 heavy (non-hydrogen) atoms. The maximum absolute atomic E-state index is 13.2. The van der Waals surface area contributed by atoms with Crippen LogP contribution in [0.3, 0.4) is 0 Å². The van der Waals surface area contributed by atoms with Crippen molar-refractivity contribution in [3.8, 4) is 5.75 Å². The number of carbonyl (C=O) groups excluding carboxylic acids is 1. The standard InChI is InChI=1S/C26H29N3O3/c1-17(27)20-9-12-24(30)21(15-20)8-11-23-3-2-14-29(23)26(32)19-6-4-18(5-7-19)22-10-13-25(31)28-16-22/h4-6,9-10,12-13,15-16,19,23,27,30H,2-3,7-8,11,14H2,1H3,(H,28,31). The van der Waals surface area contributed by atoms with Gasteiger partial charge in [0.05, 0.1) is 5.92 Å². The van der Waals surface area contributed by atoms with Crippen molar-refractivity contribution in [3.05, 3.63) is 81.8 Å². The lowest BCUT2D eigenvalue weighted by atomic mass is 9.92. The van der Waals surface area contributed by atoms with E-state index in [1.807, 2.05) is 23.1 Å². The summed E-state index contributed by atoms with van der Waals surface area (Å²) >= 11 is 0. The molecule has 4 rings (SSSR count). The van der Waals surface area contributed by atoms with Crippen LogP contribution in [-0.4, -0.2) is 39.2 Å². The molecule has 1 aliphatic carbocycles. The number of aromatic hydroxyl groups is 1. The lowest BCUT2D eigenvalue weighted by molar-refractivity contribution is -0.134. The average molecular weight is 432 g/mol. The van der Waals surface area contributed by atoms with E-state index < -0.39 is 0 Å². The van der Waals surface area contributed by atoms with Crippen LogP contribution in [-0.2, 0) is 11.2 Å². The Balaban J connectivity index is 1.39. The Morgan fingerprint density at radius 2 is 2.12 bits per heavy atom. The molecule has 6 nitrogen and oxygen atoms in total. The predicted octanol–water partition coefficient (Wildman–Crippen LogP) is 4.05. The Hall–Kier alpha value is -3.41. The maximum Gasteiger partial charge on any atom is 0.247 e. The topological polar surface area (TPSA) is 97.2 Å². The monoisotopic (exact) mass is 431 g/mol. The van der Waals surface area contributed by atoms with E-state index in [-0.39, 0.29) is 29.2 Å². The summed E-state index contributed by atoms with van der Waals surface area (Å²) in [6.45, 7) is 2.51. The van der Waals surface area contributed by atoms with Gasteiger partial charge in [-0.25, -0.2) is 0 Å². The number of hydrogen-bond acceptors (Lipinski definition) is 4. The Morgan fingerprint density at radius 1 is 1.28 bits per heavy atom. The predicted molar refractivity (Wildman–Crippen MR) is 126 cm³/mol. The summed E-state index contributed by atoms with van der Waals surface area (Å²) in [4.78, 5) is 29.2. The molecule has 1 aliphatic heterocycles. The number of aromatic nitrogens is 1. The number of hydrogen-bond donors (Lipinski definition) is 3. The van der Waals surface area contributed by atoms with Crippen LogP contribution in [0.25, 0.3) is 5.57 Å². The van der Waals surface area contributed by atoms with Gasteiger partial charge in [0.25, 0.3) is 0 Å². The van der Waals surface area contributed by atoms with Gasteiger partial charge >= 0.3 is 0 Å². The number of phenolic OH excluding ortho intramolecular Hbond substituents is 1. The summed E-state index contributed by atoms with van der Waals surface area (Å²) < 4.78 is 0. The quantitative estimate of drug-likeness (QED) is 0.602. The van der Waals surface area contributed by atoms with Gasteiger partial charge in [-0.05, 0) is 85.6 Å². The Kier molecular flexibility index (Phi) is 6.40. The van der Waals surface area contributed by atoms with E-state index in [9.17, 15) is 14.7 Å². The number of aryl methyl sites for hydroxylation is 1. The van der Waals surface area contributed by atoms with E-state index >= 15 is 0 Å². The number of pyridine rings is 1. The number of amides is 1. The summed E-state index contributed by atoms with van der Waals surface area (Å²) in [6, 6.07) is 8.76. The number of H-pyrrole nitrogens is 1. The van der Waals surface area contributed by atoms with Crippen molar-refractivity contribution < 1.29 is 9.90 Å². The largest absolute Gasteiger partial charge is 0.508 e. The third kappa shape index (κ3) is 4.74. The molecule has 166 valence electrons. The first kappa shape index (κ1) is 21.8. The highest BCUT2D eigenvalue weighted by atomic mass is 16.3. The lowest BCUT2D eigenvalue weighted by Gasteiger charge is -2.29. The van der Waals surface area contributed by atoms with E-state index in [0.29, 0.717) is 18.6 Å². The number of benzene rings is 1. The molecular weight excluding hydrogens is 402 g/mol. The molecule has 2 aromatic rings. The highest BCUT2D eigenvalue weighted by molar-refractivity contribution is 5.96.